The van der Waals surface area contributed by atoms with Gasteiger partial charge >= 0.3 is 0 Å². The third-order valence-corrected chi connectivity index (χ3v) is 4.61. The van der Waals surface area contributed by atoms with Crippen molar-refractivity contribution >= 4 is 35.3 Å². The topological polar surface area (TPSA) is 18.5 Å². The molecule has 1 aliphatic rings. The molecular weight excluding hydrogens is 346 g/mol. The van der Waals surface area contributed by atoms with Gasteiger partial charge in [0.25, 0.3) is 0 Å². The molecule has 2 unspecified atom stereocenters. The van der Waals surface area contributed by atoms with Crippen LogP contribution < -0.4 is 4.52 Å². The molecule has 0 aliphatic heterocycles. The molecule has 2 atom stereocenters. The summed E-state index contributed by atoms with van der Waals surface area (Å²) in [6.07, 6.45) is 13.2. The first-order chi connectivity index (χ1) is 12.2. The van der Waals surface area contributed by atoms with Crippen LogP contribution in [0.5, 0.6) is 5.75 Å². The highest BCUT2D eigenvalue weighted by molar-refractivity contribution is 7.10. The molecule has 0 amide bonds. The Hall–Kier alpha value is -2.14. The predicted molar refractivity (Wildman–Crippen MR) is 113 cm³/mol. The average Bonchev–Trinajstić information content (AvgIpc) is 2.68. The van der Waals surface area contributed by atoms with Gasteiger partial charge in [-0.15, -0.1) is 0 Å². The summed E-state index contributed by atoms with van der Waals surface area (Å²) in [4.78, 5) is 0. The minimum atomic E-state index is 0.681. The maximum Gasteiger partial charge on any atom is 0.131 e. The number of fused-ring (bicyclic) bond motifs is 1. The zero-order valence-electron chi connectivity index (χ0n) is 13.8. The molecule has 126 valence electrons. The van der Waals surface area contributed by atoms with Crippen molar-refractivity contribution in [2.24, 2.45) is 0 Å². The lowest BCUT2D eigenvalue weighted by molar-refractivity contribution is 0.526. The Morgan fingerprint density at radius 1 is 1.08 bits per heavy atom. The highest BCUT2D eigenvalue weighted by Crippen LogP contribution is 2.38. The fraction of sp³-hybridized carbons (Fsp3) is 0.0476. The van der Waals surface area contributed by atoms with Crippen LogP contribution in [0.15, 0.2) is 90.8 Å². The maximum atomic E-state index is 5.54. The molecule has 2 aromatic carbocycles. The highest BCUT2D eigenvalue weighted by atomic mass is 31.0. The van der Waals surface area contributed by atoms with Gasteiger partial charge in [-0.3, -0.25) is 0 Å². The predicted octanol–water partition coefficient (Wildman–Crippen LogP) is 6.16. The van der Waals surface area contributed by atoms with E-state index in [0.29, 0.717) is 5.76 Å². The van der Waals surface area contributed by atoms with Crippen molar-refractivity contribution in [3.8, 4) is 5.75 Å². The van der Waals surface area contributed by atoms with E-state index in [1.165, 1.54) is 5.57 Å². The first-order valence-electron chi connectivity index (χ1n) is 7.93. The maximum absolute atomic E-state index is 5.54. The second-order valence-electron chi connectivity index (χ2n) is 5.64. The van der Waals surface area contributed by atoms with E-state index in [0.717, 1.165) is 34.1 Å². The van der Waals surface area contributed by atoms with Crippen LogP contribution in [0, 0.1) is 0 Å². The number of rotatable bonds is 5. The summed E-state index contributed by atoms with van der Waals surface area (Å²) in [6.45, 7) is 4.26. The molecule has 3 rings (SSSR count). The van der Waals surface area contributed by atoms with Gasteiger partial charge in [0, 0.05) is 11.1 Å². The first kappa shape index (κ1) is 17.7. The lowest BCUT2D eigenvalue weighted by atomic mass is 9.96. The van der Waals surface area contributed by atoms with E-state index >= 15 is 0 Å². The van der Waals surface area contributed by atoms with Gasteiger partial charge in [-0.1, -0.05) is 67.3 Å². The summed E-state index contributed by atoms with van der Waals surface area (Å²) in [5.74, 6) is 1.43. The molecule has 0 radical (unpaired) electrons. The average molecular weight is 366 g/mol. The third kappa shape index (κ3) is 3.93. The van der Waals surface area contributed by atoms with E-state index in [1.807, 2.05) is 42.5 Å². The summed E-state index contributed by atoms with van der Waals surface area (Å²) >= 11 is 0. The summed E-state index contributed by atoms with van der Waals surface area (Å²) in [6, 6.07) is 12.2. The van der Waals surface area contributed by atoms with Crippen LogP contribution in [0.2, 0.25) is 0 Å². The minimum absolute atomic E-state index is 0.681. The number of allylic oxidation sites excluding steroid dienone is 8. The number of hydrogen-bond acceptors (Lipinski definition) is 2. The lowest BCUT2D eigenvalue weighted by Crippen LogP contribution is -1.94. The molecule has 0 N–H and O–H groups in total. The first-order valence-corrected chi connectivity index (χ1v) is 8.88. The molecule has 0 fully saturated rings. The number of hydrogen-bond donors (Lipinski definition) is 0. The van der Waals surface area contributed by atoms with Gasteiger partial charge in [-0.2, -0.15) is 0 Å². The molecule has 0 aromatic heterocycles. The molecule has 0 bridgehead atoms. The van der Waals surface area contributed by atoms with Crippen molar-refractivity contribution in [1.82, 2.24) is 0 Å². The number of benzene rings is 2. The quantitative estimate of drug-likeness (QED) is 0.359. The molecular formula is C21H20O2P2. The van der Waals surface area contributed by atoms with Crippen LogP contribution in [0.4, 0.5) is 0 Å². The molecule has 2 aromatic rings. The van der Waals surface area contributed by atoms with E-state index in [4.69, 9.17) is 9.05 Å². The van der Waals surface area contributed by atoms with E-state index in [2.05, 4.69) is 55.9 Å². The van der Waals surface area contributed by atoms with Crippen LogP contribution in [0.25, 0.3) is 16.3 Å². The van der Waals surface area contributed by atoms with Crippen LogP contribution in [0.3, 0.4) is 0 Å². The zero-order valence-corrected chi connectivity index (χ0v) is 16.1. The van der Waals surface area contributed by atoms with Gasteiger partial charge in [0.2, 0.25) is 0 Å². The van der Waals surface area contributed by atoms with Crippen LogP contribution >= 0.6 is 18.9 Å². The largest absolute Gasteiger partial charge is 0.480 e. The summed E-state index contributed by atoms with van der Waals surface area (Å²) < 4.78 is 11.0. The van der Waals surface area contributed by atoms with Gasteiger partial charge in [-0.25, -0.2) is 0 Å². The van der Waals surface area contributed by atoms with Crippen molar-refractivity contribution in [3.05, 3.63) is 96.3 Å². The van der Waals surface area contributed by atoms with Crippen LogP contribution in [-0.2, 0) is 4.52 Å². The summed E-state index contributed by atoms with van der Waals surface area (Å²) in [7, 11) is 4.62. The molecule has 0 spiro atoms. The Morgan fingerprint density at radius 2 is 1.92 bits per heavy atom. The fourth-order valence-corrected chi connectivity index (χ4v) is 3.25. The molecule has 0 heterocycles. The van der Waals surface area contributed by atoms with Gasteiger partial charge in [-0.05, 0) is 34.9 Å². The molecule has 4 heteroatoms. The van der Waals surface area contributed by atoms with Crippen molar-refractivity contribution in [2.75, 3.05) is 0 Å². The fourth-order valence-electron chi connectivity index (χ4n) is 2.83. The van der Waals surface area contributed by atoms with Gasteiger partial charge < -0.3 is 9.05 Å². The third-order valence-electron chi connectivity index (χ3n) is 4.10. The van der Waals surface area contributed by atoms with Gasteiger partial charge in [0.05, 0.1) is 18.9 Å². The van der Waals surface area contributed by atoms with Gasteiger partial charge in [0.15, 0.2) is 0 Å². The molecule has 25 heavy (non-hydrogen) atoms. The molecule has 0 saturated heterocycles. The van der Waals surface area contributed by atoms with Crippen LogP contribution in [-0.4, -0.2) is 0 Å². The Morgan fingerprint density at radius 3 is 2.64 bits per heavy atom. The van der Waals surface area contributed by atoms with E-state index < -0.39 is 0 Å². The Bertz CT molecular complexity index is 921. The van der Waals surface area contributed by atoms with Crippen molar-refractivity contribution in [1.29, 1.82) is 0 Å². The monoisotopic (exact) mass is 366 g/mol. The Balaban J connectivity index is 2.05. The summed E-state index contributed by atoms with van der Waals surface area (Å²) in [5.41, 5.74) is 2.92. The van der Waals surface area contributed by atoms with Crippen LogP contribution in [0.1, 0.15) is 12.0 Å². The Labute approximate surface area is 153 Å². The molecule has 0 saturated carbocycles. The molecule has 2 nitrogen and oxygen atoms in total. The smallest absolute Gasteiger partial charge is 0.131 e. The minimum Gasteiger partial charge on any atom is -0.480 e. The summed E-state index contributed by atoms with van der Waals surface area (Å²) in [5, 5.41) is 2.21. The Kier molecular flexibility index (Phi) is 5.87. The molecule has 1 aliphatic carbocycles. The van der Waals surface area contributed by atoms with Gasteiger partial charge in [0.1, 0.15) is 11.5 Å². The van der Waals surface area contributed by atoms with Crippen molar-refractivity contribution in [3.63, 3.8) is 0 Å². The lowest BCUT2D eigenvalue weighted by Gasteiger charge is -2.16. The van der Waals surface area contributed by atoms with Crippen molar-refractivity contribution in [2.45, 2.75) is 6.42 Å². The van der Waals surface area contributed by atoms with E-state index in [-0.39, 0.29) is 0 Å². The highest BCUT2D eigenvalue weighted by Gasteiger charge is 2.15. The van der Waals surface area contributed by atoms with Crippen molar-refractivity contribution < 1.29 is 9.05 Å². The second-order valence-corrected chi connectivity index (χ2v) is 6.11. The SMILES string of the molecule is C=C(/C(=C\C=C1\C=CC=CC1)OP)c1c(OP)ccc2ccccc12. The standard InChI is InChI=1S/C21H20O2P2/c1-15(19(22-24)13-11-16-7-3-2-4-8-16)21-18-10-6-5-9-17(18)12-14-20(21)23-25/h2-7,9-14H,1,8,24-25H2/b16-11-,19-13+. The normalized spacial score (nSPS) is 15.6. The van der Waals surface area contributed by atoms with E-state index in [9.17, 15) is 0 Å². The zero-order chi connectivity index (χ0) is 17.6. The second kappa shape index (κ2) is 8.30. The van der Waals surface area contributed by atoms with E-state index in [1.54, 1.807) is 0 Å².